The van der Waals surface area contributed by atoms with E-state index in [0.717, 1.165) is 19.0 Å². The third kappa shape index (κ3) is 4.04. The zero-order chi connectivity index (χ0) is 13.9. The standard InChI is InChI=1S/C11H15N3O4S.ClH/c15-11(16)9-6-14-10(7-12-9)13-5-8-3-1-2-4-19(8,17)18;/h6-8H,1-5H2,(H,13,14)(H,15,16);1H. The van der Waals surface area contributed by atoms with Crippen molar-refractivity contribution in [3.63, 3.8) is 0 Å². The van der Waals surface area contributed by atoms with Gasteiger partial charge in [-0.3, -0.25) is 0 Å². The van der Waals surface area contributed by atoms with Crippen LogP contribution in [0.4, 0.5) is 5.82 Å². The van der Waals surface area contributed by atoms with Crippen molar-refractivity contribution in [3.05, 3.63) is 18.1 Å². The van der Waals surface area contributed by atoms with Gasteiger partial charge in [-0.25, -0.2) is 23.2 Å². The van der Waals surface area contributed by atoms with E-state index >= 15 is 0 Å². The molecule has 2 N–H and O–H groups in total. The molecule has 1 aromatic rings. The molecule has 2 heterocycles. The molecule has 1 saturated heterocycles. The number of halogens is 1. The molecule has 0 amide bonds. The van der Waals surface area contributed by atoms with E-state index in [1.165, 1.54) is 6.20 Å². The molecule has 1 unspecified atom stereocenters. The number of nitrogens with one attached hydrogen (secondary N) is 1. The van der Waals surface area contributed by atoms with Crippen molar-refractivity contribution in [3.8, 4) is 0 Å². The Balaban J connectivity index is 0.00000200. The maximum absolute atomic E-state index is 11.8. The summed E-state index contributed by atoms with van der Waals surface area (Å²) in [4.78, 5) is 18.2. The molecule has 112 valence electrons. The van der Waals surface area contributed by atoms with Gasteiger partial charge in [-0.15, -0.1) is 12.4 Å². The van der Waals surface area contributed by atoms with E-state index in [4.69, 9.17) is 5.11 Å². The molecule has 0 radical (unpaired) electrons. The molecule has 1 aliphatic rings. The number of aromatic carboxylic acids is 1. The third-order valence-corrected chi connectivity index (χ3v) is 5.37. The van der Waals surface area contributed by atoms with Gasteiger partial charge < -0.3 is 10.4 Å². The number of sulfone groups is 1. The Morgan fingerprint density at radius 1 is 1.35 bits per heavy atom. The van der Waals surface area contributed by atoms with Gasteiger partial charge >= 0.3 is 5.97 Å². The number of hydrogen-bond donors (Lipinski definition) is 2. The van der Waals surface area contributed by atoms with Crippen LogP contribution in [0.3, 0.4) is 0 Å². The summed E-state index contributed by atoms with van der Waals surface area (Å²) in [6.07, 6.45) is 4.72. The van der Waals surface area contributed by atoms with Crippen molar-refractivity contribution in [2.24, 2.45) is 0 Å². The third-order valence-electron chi connectivity index (χ3n) is 3.09. The van der Waals surface area contributed by atoms with Gasteiger partial charge in [0.05, 0.1) is 23.4 Å². The monoisotopic (exact) mass is 321 g/mol. The van der Waals surface area contributed by atoms with Crippen LogP contribution in [0, 0.1) is 0 Å². The first-order valence-electron chi connectivity index (χ1n) is 6.00. The number of carbonyl (C=O) groups is 1. The summed E-state index contributed by atoms with van der Waals surface area (Å²) in [7, 11) is -3.02. The summed E-state index contributed by atoms with van der Waals surface area (Å²) in [6, 6.07) is 0. The maximum atomic E-state index is 11.8. The topological polar surface area (TPSA) is 109 Å². The van der Waals surface area contributed by atoms with E-state index in [9.17, 15) is 13.2 Å². The molecule has 0 spiro atoms. The van der Waals surface area contributed by atoms with Crippen molar-refractivity contribution in [2.45, 2.75) is 24.5 Å². The predicted molar refractivity (Wildman–Crippen MR) is 76.2 cm³/mol. The minimum absolute atomic E-state index is 0. The number of nitrogens with zero attached hydrogens (tertiary/aromatic N) is 2. The molecule has 0 aliphatic carbocycles. The lowest BCUT2D eigenvalue weighted by molar-refractivity contribution is 0.0690. The van der Waals surface area contributed by atoms with Gasteiger partial charge in [0.15, 0.2) is 15.5 Å². The highest BCUT2D eigenvalue weighted by Gasteiger charge is 2.28. The van der Waals surface area contributed by atoms with Crippen LogP contribution in [-0.2, 0) is 9.84 Å². The van der Waals surface area contributed by atoms with Crippen molar-refractivity contribution in [2.75, 3.05) is 17.6 Å². The lowest BCUT2D eigenvalue weighted by Gasteiger charge is -2.22. The van der Waals surface area contributed by atoms with Gasteiger partial charge in [0, 0.05) is 6.54 Å². The van der Waals surface area contributed by atoms with Crippen LogP contribution in [0.15, 0.2) is 12.4 Å². The van der Waals surface area contributed by atoms with Crippen LogP contribution in [0.1, 0.15) is 29.8 Å². The average Bonchev–Trinajstić information content (AvgIpc) is 2.37. The highest BCUT2D eigenvalue weighted by atomic mass is 35.5. The van der Waals surface area contributed by atoms with Crippen LogP contribution in [0.25, 0.3) is 0 Å². The van der Waals surface area contributed by atoms with E-state index in [2.05, 4.69) is 15.3 Å². The van der Waals surface area contributed by atoms with Gasteiger partial charge in [0.2, 0.25) is 0 Å². The number of carboxylic acid groups (broad SMARTS) is 1. The number of aromatic nitrogens is 2. The van der Waals surface area contributed by atoms with Gasteiger partial charge in [-0.1, -0.05) is 6.42 Å². The fourth-order valence-electron chi connectivity index (χ4n) is 2.00. The lowest BCUT2D eigenvalue weighted by Crippen LogP contribution is -2.34. The smallest absolute Gasteiger partial charge is 0.356 e. The summed E-state index contributed by atoms with van der Waals surface area (Å²) in [6.45, 7) is 0.281. The largest absolute Gasteiger partial charge is 0.476 e. The zero-order valence-electron chi connectivity index (χ0n) is 10.7. The molecule has 7 nitrogen and oxygen atoms in total. The normalized spacial score (nSPS) is 20.7. The Bertz CT molecular complexity index is 562. The SMILES string of the molecule is Cl.O=C(O)c1cnc(NCC2CCCCS2(=O)=O)cn1. The molecule has 1 aromatic heterocycles. The molecule has 20 heavy (non-hydrogen) atoms. The highest BCUT2D eigenvalue weighted by Crippen LogP contribution is 2.19. The molecule has 1 aliphatic heterocycles. The van der Waals surface area contributed by atoms with Crippen LogP contribution < -0.4 is 5.32 Å². The van der Waals surface area contributed by atoms with Crippen LogP contribution in [-0.4, -0.2) is 47.0 Å². The van der Waals surface area contributed by atoms with E-state index in [-0.39, 0.29) is 30.4 Å². The Labute approximate surface area is 123 Å². The second-order valence-corrected chi connectivity index (χ2v) is 6.86. The summed E-state index contributed by atoms with van der Waals surface area (Å²) in [5.41, 5.74) is -0.143. The second-order valence-electron chi connectivity index (χ2n) is 4.46. The molecule has 2 rings (SSSR count). The van der Waals surface area contributed by atoms with E-state index in [1.807, 2.05) is 0 Å². The molecular weight excluding hydrogens is 306 g/mol. The molecule has 1 atom stereocenters. The maximum Gasteiger partial charge on any atom is 0.356 e. The van der Waals surface area contributed by atoms with E-state index < -0.39 is 21.1 Å². The number of hydrogen-bond acceptors (Lipinski definition) is 6. The van der Waals surface area contributed by atoms with Gasteiger partial charge in [-0.2, -0.15) is 0 Å². The van der Waals surface area contributed by atoms with Crippen LogP contribution >= 0.6 is 12.4 Å². The van der Waals surface area contributed by atoms with Gasteiger partial charge in [-0.05, 0) is 12.8 Å². The summed E-state index contributed by atoms with van der Waals surface area (Å²) < 4.78 is 23.6. The zero-order valence-corrected chi connectivity index (χ0v) is 12.3. The number of carboxylic acids is 1. The van der Waals surface area contributed by atoms with Crippen LogP contribution in [0.5, 0.6) is 0 Å². The van der Waals surface area contributed by atoms with Crippen molar-refractivity contribution in [1.82, 2.24) is 9.97 Å². The minimum Gasteiger partial charge on any atom is -0.476 e. The summed E-state index contributed by atoms with van der Waals surface area (Å²) in [5.74, 6) is -0.525. The van der Waals surface area contributed by atoms with E-state index in [0.29, 0.717) is 12.2 Å². The van der Waals surface area contributed by atoms with Crippen molar-refractivity contribution >= 4 is 34.0 Å². The first-order chi connectivity index (χ1) is 8.99. The molecule has 9 heteroatoms. The number of rotatable bonds is 4. The quantitative estimate of drug-likeness (QED) is 0.850. The van der Waals surface area contributed by atoms with Crippen molar-refractivity contribution in [1.29, 1.82) is 0 Å². The Hall–Kier alpha value is -1.41. The predicted octanol–water partition coefficient (Wildman–Crippen LogP) is 0.976. The average molecular weight is 322 g/mol. The van der Waals surface area contributed by atoms with Crippen LogP contribution in [0.2, 0.25) is 0 Å². The van der Waals surface area contributed by atoms with Gasteiger partial charge in [0.1, 0.15) is 5.82 Å². The number of anilines is 1. The summed E-state index contributed by atoms with van der Waals surface area (Å²) in [5, 5.41) is 11.2. The minimum atomic E-state index is -3.02. The first-order valence-corrected chi connectivity index (χ1v) is 7.71. The highest BCUT2D eigenvalue weighted by molar-refractivity contribution is 7.92. The molecule has 0 bridgehead atoms. The molecule has 0 saturated carbocycles. The van der Waals surface area contributed by atoms with Crippen molar-refractivity contribution < 1.29 is 18.3 Å². The Morgan fingerprint density at radius 2 is 2.10 bits per heavy atom. The second kappa shape index (κ2) is 6.85. The van der Waals surface area contributed by atoms with E-state index in [1.54, 1.807) is 0 Å². The first kappa shape index (κ1) is 16.6. The summed E-state index contributed by atoms with van der Waals surface area (Å²) >= 11 is 0. The fraction of sp³-hybridized carbons (Fsp3) is 0.545. The molecular formula is C11H16ClN3O4S. The Morgan fingerprint density at radius 3 is 2.65 bits per heavy atom. The van der Waals surface area contributed by atoms with Gasteiger partial charge in [0.25, 0.3) is 0 Å². The lowest BCUT2D eigenvalue weighted by atomic mass is 10.2. The molecule has 1 fully saturated rings. The Kier molecular flexibility index (Phi) is 5.70. The fourth-order valence-corrected chi connectivity index (χ4v) is 3.80. The molecule has 0 aromatic carbocycles.